The van der Waals surface area contributed by atoms with Gasteiger partial charge >= 0.3 is 0 Å². The molecule has 0 aromatic rings. The molecule has 72 valence electrons. The monoisotopic (exact) mass is 172 g/mol. The molecular weight excluding hydrogens is 152 g/mol. The summed E-state index contributed by atoms with van der Waals surface area (Å²) in [6.07, 6.45) is 0. The third kappa shape index (κ3) is 7.68. The first kappa shape index (κ1) is 11.6. The Bertz CT molecular complexity index is 102. The molecule has 0 rings (SSSR count). The lowest BCUT2D eigenvalue weighted by atomic mass is 10.3. The molecule has 0 aliphatic heterocycles. The lowest BCUT2D eigenvalue weighted by Crippen LogP contribution is -2.29. The topological polar surface area (TPSA) is 76.1 Å². The number of rotatable bonds is 8. The number of nitrogens with two attached hydrogens (primary N) is 2. The maximum atomic E-state index is 5.31. The molecule has 6 N–H and O–H groups in total. The normalized spacial score (nSPS) is 10.2. The fourth-order valence-electron chi connectivity index (χ4n) is 0.797. The van der Waals surface area contributed by atoms with Gasteiger partial charge in [0, 0.05) is 39.3 Å². The van der Waals surface area contributed by atoms with Crippen LogP contribution in [0.25, 0.3) is 0 Å². The highest BCUT2D eigenvalue weighted by Crippen LogP contribution is 1.82. The molecule has 12 heavy (non-hydrogen) atoms. The lowest BCUT2D eigenvalue weighted by Gasteiger charge is -2.07. The van der Waals surface area contributed by atoms with Crippen molar-refractivity contribution in [3.8, 4) is 0 Å². The predicted octanol–water partition coefficient (Wildman–Crippen LogP) is -1.36. The van der Waals surface area contributed by atoms with E-state index in [1.54, 1.807) is 0 Å². The summed E-state index contributed by atoms with van der Waals surface area (Å²) in [7, 11) is 0. The zero-order valence-electron chi connectivity index (χ0n) is 7.60. The fraction of sp³-hybridized carbons (Fsp3) is 0.750. The molecule has 0 heterocycles. The van der Waals surface area contributed by atoms with Gasteiger partial charge in [-0.05, 0) is 5.57 Å². The van der Waals surface area contributed by atoms with E-state index in [9.17, 15) is 0 Å². The molecule has 0 fully saturated rings. The summed E-state index contributed by atoms with van der Waals surface area (Å²) in [6, 6.07) is 0. The Labute approximate surface area is 74.4 Å². The first-order valence-electron chi connectivity index (χ1n) is 4.29. The Kier molecular flexibility index (Phi) is 8.37. The fourth-order valence-corrected chi connectivity index (χ4v) is 0.797. The van der Waals surface area contributed by atoms with Crippen LogP contribution in [0.1, 0.15) is 0 Å². The maximum absolute atomic E-state index is 5.31. The van der Waals surface area contributed by atoms with Crippen molar-refractivity contribution in [2.45, 2.75) is 0 Å². The summed E-state index contributed by atoms with van der Waals surface area (Å²) in [5, 5.41) is 6.33. The Morgan fingerprint density at radius 2 is 1.42 bits per heavy atom. The van der Waals surface area contributed by atoms with Crippen LogP contribution in [0.3, 0.4) is 0 Å². The van der Waals surface area contributed by atoms with E-state index in [0.29, 0.717) is 13.1 Å². The molecule has 0 saturated carbocycles. The van der Waals surface area contributed by atoms with Crippen molar-refractivity contribution < 1.29 is 0 Å². The van der Waals surface area contributed by atoms with Crippen molar-refractivity contribution in [2.24, 2.45) is 11.5 Å². The highest BCUT2D eigenvalue weighted by atomic mass is 14.9. The van der Waals surface area contributed by atoms with Crippen LogP contribution in [-0.4, -0.2) is 39.3 Å². The minimum absolute atomic E-state index is 0.670. The molecule has 0 aliphatic rings. The largest absolute Gasteiger partial charge is 0.329 e. The van der Waals surface area contributed by atoms with Crippen LogP contribution in [-0.2, 0) is 0 Å². The van der Waals surface area contributed by atoms with Crippen molar-refractivity contribution in [1.29, 1.82) is 0 Å². The third-order valence-corrected chi connectivity index (χ3v) is 1.39. The van der Waals surface area contributed by atoms with Gasteiger partial charge in [-0.2, -0.15) is 0 Å². The quantitative estimate of drug-likeness (QED) is 0.269. The second-order valence-electron chi connectivity index (χ2n) is 2.68. The van der Waals surface area contributed by atoms with E-state index < -0.39 is 0 Å². The van der Waals surface area contributed by atoms with Gasteiger partial charge in [-0.15, -0.1) is 0 Å². The number of hydrogen-bond acceptors (Lipinski definition) is 4. The van der Waals surface area contributed by atoms with E-state index in [1.807, 2.05) is 0 Å². The van der Waals surface area contributed by atoms with Gasteiger partial charge in [0.2, 0.25) is 0 Å². The zero-order chi connectivity index (χ0) is 9.23. The highest BCUT2D eigenvalue weighted by Gasteiger charge is 1.91. The van der Waals surface area contributed by atoms with E-state index in [4.69, 9.17) is 11.5 Å². The van der Waals surface area contributed by atoms with Crippen molar-refractivity contribution >= 4 is 0 Å². The molecule has 4 nitrogen and oxygen atoms in total. The molecule has 0 unspecified atom stereocenters. The summed E-state index contributed by atoms with van der Waals surface area (Å²) < 4.78 is 0. The highest BCUT2D eigenvalue weighted by molar-refractivity contribution is 4.98. The van der Waals surface area contributed by atoms with E-state index in [-0.39, 0.29) is 0 Å². The summed E-state index contributed by atoms with van der Waals surface area (Å²) in [5.41, 5.74) is 11.8. The minimum atomic E-state index is 0.670. The Morgan fingerprint density at radius 1 is 1.00 bits per heavy atom. The van der Waals surface area contributed by atoms with E-state index in [1.165, 1.54) is 0 Å². The first-order valence-corrected chi connectivity index (χ1v) is 4.29. The average Bonchev–Trinajstić information content (AvgIpc) is 2.06. The number of nitrogens with one attached hydrogen (secondary N) is 2. The zero-order valence-corrected chi connectivity index (χ0v) is 7.60. The van der Waals surface area contributed by atoms with Crippen LogP contribution >= 0.6 is 0 Å². The van der Waals surface area contributed by atoms with E-state index in [2.05, 4.69) is 17.2 Å². The summed E-state index contributed by atoms with van der Waals surface area (Å²) in [4.78, 5) is 0. The Hall–Kier alpha value is -0.420. The molecule has 0 aromatic heterocycles. The second kappa shape index (κ2) is 8.67. The van der Waals surface area contributed by atoms with Crippen LogP contribution in [0.2, 0.25) is 0 Å². The molecule has 0 radical (unpaired) electrons. The smallest absolute Gasteiger partial charge is 0.0175 e. The van der Waals surface area contributed by atoms with Crippen LogP contribution in [0.15, 0.2) is 12.2 Å². The van der Waals surface area contributed by atoms with Crippen LogP contribution in [0, 0.1) is 0 Å². The van der Waals surface area contributed by atoms with E-state index in [0.717, 1.165) is 31.8 Å². The molecule has 0 atom stereocenters. The van der Waals surface area contributed by atoms with Gasteiger partial charge in [0.1, 0.15) is 0 Å². The van der Waals surface area contributed by atoms with Gasteiger partial charge < -0.3 is 22.1 Å². The van der Waals surface area contributed by atoms with Crippen molar-refractivity contribution in [2.75, 3.05) is 39.3 Å². The van der Waals surface area contributed by atoms with Crippen LogP contribution in [0.4, 0.5) is 0 Å². The van der Waals surface area contributed by atoms with Crippen molar-refractivity contribution in [3.05, 3.63) is 12.2 Å². The standard InChI is InChI=1S/C8H20N4/c1-8(6-11-4-2-9)7-12-5-3-10/h11-12H,1-7,9-10H2. The molecule has 0 bridgehead atoms. The SMILES string of the molecule is C=C(CNCCN)CNCCN. The molecule has 0 spiro atoms. The van der Waals surface area contributed by atoms with Gasteiger partial charge in [0.05, 0.1) is 0 Å². The summed E-state index contributed by atoms with van der Waals surface area (Å²) in [6.45, 7) is 8.57. The number of hydrogen-bond donors (Lipinski definition) is 4. The summed E-state index contributed by atoms with van der Waals surface area (Å²) >= 11 is 0. The second-order valence-corrected chi connectivity index (χ2v) is 2.68. The molecule has 4 heteroatoms. The molecule has 0 amide bonds. The molecular formula is C8H20N4. The van der Waals surface area contributed by atoms with Gasteiger partial charge in [0.25, 0.3) is 0 Å². The predicted molar refractivity (Wildman–Crippen MR) is 53.0 cm³/mol. The van der Waals surface area contributed by atoms with Gasteiger partial charge in [-0.1, -0.05) is 6.58 Å². The minimum Gasteiger partial charge on any atom is -0.329 e. The molecule has 0 aromatic carbocycles. The van der Waals surface area contributed by atoms with Crippen LogP contribution in [0.5, 0.6) is 0 Å². The van der Waals surface area contributed by atoms with Gasteiger partial charge in [0.15, 0.2) is 0 Å². The van der Waals surface area contributed by atoms with E-state index >= 15 is 0 Å². The lowest BCUT2D eigenvalue weighted by molar-refractivity contribution is 0.685. The van der Waals surface area contributed by atoms with Crippen LogP contribution < -0.4 is 22.1 Å². The van der Waals surface area contributed by atoms with Gasteiger partial charge in [-0.25, -0.2) is 0 Å². The van der Waals surface area contributed by atoms with Gasteiger partial charge in [-0.3, -0.25) is 0 Å². The summed E-state index contributed by atoms with van der Waals surface area (Å²) in [5.74, 6) is 0. The Balaban J connectivity index is 3.10. The van der Waals surface area contributed by atoms with Crippen molar-refractivity contribution in [1.82, 2.24) is 10.6 Å². The first-order chi connectivity index (χ1) is 5.81. The Morgan fingerprint density at radius 3 is 1.75 bits per heavy atom. The molecule has 0 saturated heterocycles. The van der Waals surface area contributed by atoms with Crippen molar-refractivity contribution in [3.63, 3.8) is 0 Å². The third-order valence-electron chi connectivity index (χ3n) is 1.39. The maximum Gasteiger partial charge on any atom is 0.0175 e. The average molecular weight is 172 g/mol. The molecule has 0 aliphatic carbocycles.